The van der Waals surface area contributed by atoms with Gasteiger partial charge in [0.15, 0.2) is 17.4 Å². The molecule has 0 aromatic carbocycles. The minimum Gasteiger partial charge on any atom is -0.466 e. The van der Waals surface area contributed by atoms with E-state index in [2.05, 4.69) is 25.3 Å². The van der Waals surface area contributed by atoms with Crippen molar-refractivity contribution in [1.82, 2.24) is 34.8 Å². The molecule has 1 fully saturated rings. The fraction of sp³-hybridized carbons (Fsp3) is 0.379. The number of Topliss-reactive ketones (excluding diaryl/α,β-unsaturated/α-hetero) is 2. The quantitative estimate of drug-likeness (QED) is 0.113. The molecule has 5 heterocycles. The van der Waals surface area contributed by atoms with Gasteiger partial charge in [0.25, 0.3) is 11.7 Å². The molecule has 4 aromatic heterocycles. The lowest BCUT2D eigenvalue weighted by atomic mass is 10.0. The van der Waals surface area contributed by atoms with Crippen LogP contribution in [0, 0.1) is 5.82 Å². The topological polar surface area (TPSA) is 156 Å². The number of nitrogens with zero attached hydrogens (tertiary/aromatic N) is 7. The molecule has 0 aliphatic carbocycles. The van der Waals surface area contributed by atoms with Gasteiger partial charge in [-0.2, -0.15) is 0 Å². The molecule has 5 rings (SSSR count). The molecule has 14 heteroatoms. The van der Waals surface area contributed by atoms with E-state index in [0.29, 0.717) is 56.8 Å². The standard InChI is InChI=1S/C29H31FN8O5/c1-2-43-23(40)9-5-3-4-8-22(39)19-7-6-10-31-27(19)36-13-15-37(16-14-36)29(42)26(41)20-17-32-25-24(20)21(30)18-33-28(25)38-12-11-34-35-38/h6-7,10-12,17-18,32H,2-5,8-9,13-16H2,1H3. The molecule has 0 radical (unpaired) electrons. The van der Waals surface area contributed by atoms with Crippen molar-refractivity contribution in [2.24, 2.45) is 0 Å². The second-order valence-corrected chi connectivity index (χ2v) is 10.0. The first kappa shape index (κ1) is 29.5. The van der Waals surface area contributed by atoms with Crippen LogP contribution in [-0.2, 0) is 14.3 Å². The van der Waals surface area contributed by atoms with Crippen LogP contribution in [0.2, 0.25) is 0 Å². The minimum atomic E-state index is -0.842. The van der Waals surface area contributed by atoms with Crippen LogP contribution in [-0.4, -0.2) is 91.1 Å². The summed E-state index contributed by atoms with van der Waals surface area (Å²) >= 11 is 0. The van der Waals surface area contributed by atoms with Gasteiger partial charge in [0.1, 0.15) is 5.82 Å². The van der Waals surface area contributed by atoms with Gasteiger partial charge in [0.2, 0.25) is 0 Å². The normalized spacial score (nSPS) is 13.3. The molecule has 1 amide bonds. The number of carbonyl (C=O) groups excluding carboxylic acids is 4. The smallest absolute Gasteiger partial charge is 0.305 e. The number of amides is 1. The number of H-pyrrole nitrogens is 1. The van der Waals surface area contributed by atoms with Crippen LogP contribution >= 0.6 is 0 Å². The van der Waals surface area contributed by atoms with E-state index in [1.165, 1.54) is 28.2 Å². The summed E-state index contributed by atoms with van der Waals surface area (Å²) in [6, 6.07) is 3.44. The van der Waals surface area contributed by atoms with Gasteiger partial charge >= 0.3 is 5.97 Å². The highest BCUT2D eigenvalue weighted by atomic mass is 19.1. The van der Waals surface area contributed by atoms with Crippen molar-refractivity contribution in [3.63, 3.8) is 0 Å². The van der Waals surface area contributed by atoms with Gasteiger partial charge < -0.3 is 19.5 Å². The van der Waals surface area contributed by atoms with E-state index in [-0.39, 0.29) is 47.1 Å². The average Bonchev–Trinajstić information content (AvgIpc) is 3.72. The second-order valence-electron chi connectivity index (χ2n) is 10.0. The van der Waals surface area contributed by atoms with Crippen LogP contribution in [0.15, 0.2) is 43.1 Å². The van der Waals surface area contributed by atoms with Gasteiger partial charge in [0, 0.05) is 51.4 Å². The molecule has 0 saturated carbocycles. The molecular weight excluding hydrogens is 559 g/mol. The fourth-order valence-electron chi connectivity index (χ4n) is 5.11. The zero-order chi connectivity index (χ0) is 30.3. The van der Waals surface area contributed by atoms with Crippen LogP contribution in [0.25, 0.3) is 16.7 Å². The summed E-state index contributed by atoms with van der Waals surface area (Å²) in [5, 5.41) is 7.55. The van der Waals surface area contributed by atoms with Gasteiger partial charge in [-0.15, -0.1) is 5.10 Å². The third-order valence-corrected chi connectivity index (χ3v) is 7.26. The third kappa shape index (κ3) is 6.42. The SMILES string of the molecule is CCOC(=O)CCCCCC(=O)c1cccnc1N1CCN(C(=O)C(=O)c2c[nH]c3c(-n4ccnn4)ncc(F)c23)CC1. The van der Waals surface area contributed by atoms with Crippen LogP contribution in [0.4, 0.5) is 10.2 Å². The predicted octanol–water partition coefficient (Wildman–Crippen LogP) is 2.91. The van der Waals surface area contributed by atoms with Crippen molar-refractivity contribution in [1.29, 1.82) is 0 Å². The van der Waals surface area contributed by atoms with E-state index < -0.39 is 17.5 Å². The number of piperazine rings is 1. The Kier molecular flexibility index (Phi) is 9.13. The molecular formula is C29H31FN8O5. The number of unbranched alkanes of at least 4 members (excludes halogenated alkanes) is 2. The number of hydrogen-bond donors (Lipinski definition) is 1. The van der Waals surface area contributed by atoms with Crippen molar-refractivity contribution in [3.8, 4) is 5.82 Å². The summed E-state index contributed by atoms with van der Waals surface area (Å²) in [6.07, 6.45) is 9.54. The maximum Gasteiger partial charge on any atom is 0.305 e. The van der Waals surface area contributed by atoms with Gasteiger partial charge in [-0.1, -0.05) is 11.6 Å². The monoisotopic (exact) mass is 590 g/mol. The van der Waals surface area contributed by atoms with Gasteiger partial charge in [-0.05, 0) is 31.9 Å². The van der Waals surface area contributed by atoms with Crippen LogP contribution in [0.1, 0.15) is 59.7 Å². The number of hydrogen-bond acceptors (Lipinski definition) is 10. The summed E-state index contributed by atoms with van der Waals surface area (Å²) in [6.45, 7) is 3.28. The number of nitrogens with one attached hydrogen (secondary N) is 1. The van der Waals surface area contributed by atoms with Crippen molar-refractivity contribution < 1.29 is 28.3 Å². The van der Waals surface area contributed by atoms with Crippen molar-refractivity contribution in [3.05, 3.63) is 60.1 Å². The number of ketones is 2. The second kappa shape index (κ2) is 13.3. The lowest BCUT2D eigenvalue weighted by Crippen LogP contribution is -2.51. The molecule has 1 N–H and O–H groups in total. The Hall–Kier alpha value is -5.01. The average molecular weight is 591 g/mol. The van der Waals surface area contributed by atoms with Crippen LogP contribution < -0.4 is 4.90 Å². The summed E-state index contributed by atoms with van der Waals surface area (Å²) in [7, 11) is 0. The summed E-state index contributed by atoms with van der Waals surface area (Å²) in [4.78, 5) is 65.7. The zero-order valence-corrected chi connectivity index (χ0v) is 23.7. The minimum absolute atomic E-state index is 0.0463. The van der Waals surface area contributed by atoms with E-state index in [1.54, 1.807) is 25.3 Å². The lowest BCUT2D eigenvalue weighted by molar-refractivity contribution is -0.143. The predicted molar refractivity (Wildman–Crippen MR) is 152 cm³/mol. The fourth-order valence-corrected chi connectivity index (χ4v) is 5.11. The molecule has 1 saturated heterocycles. The number of aromatic amines is 1. The van der Waals surface area contributed by atoms with Crippen molar-refractivity contribution >= 4 is 40.2 Å². The maximum absolute atomic E-state index is 14.8. The van der Waals surface area contributed by atoms with Crippen LogP contribution in [0.3, 0.4) is 0 Å². The maximum atomic E-state index is 14.8. The number of carbonyl (C=O) groups is 4. The van der Waals surface area contributed by atoms with Crippen molar-refractivity contribution in [2.75, 3.05) is 37.7 Å². The Morgan fingerprint density at radius 3 is 2.51 bits per heavy atom. The molecule has 224 valence electrons. The number of rotatable bonds is 12. The molecule has 4 aromatic rings. The number of halogens is 1. The first-order valence-electron chi connectivity index (χ1n) is 14.1. The Balaban J connectivity index is 1.20. The molecule has 0 unspecified atom stereocenters. The number of pyridine rings is 2. The van der Waals surface area contributed by atoms with Crippen LogP contribution in [0.5, 0.6) is 0 Å². The van der Waals surface area contributed by atoms with E-state index in [9.17, 15) is 23.6 Å². The highest BCUT2D eigenvalue weighted by molar-refractivity contribution is 6.45. The Morgan fingerprint density at radius 2 is 1.77 bits per heavy atom. The molecule has 1 aliphatic heterocycles. The molecule has 43 heavy (non-hydrogen) atoms. The number of aromatic nitrogens is 6. The van der Waals surface area contributed by atoms with Gasteiger partial charge in [0.05, 0.1) is 47.2 Å². The van der Waals surface area contributed by atoms with E-state index >= 15 is 0 Å². The zero-order valence-electron chi connectivity index (χ0n) is 23.7. The first-order valence-corrected chi connectivity index (χ1v) is 14.1. The number of esters is 1. The Bertz CT molecular complexity index is 1630. The molecule has 0 atom stereocenters. The van der Waals surface area contributed by atoms with E-state index in [1.807, 2.05) is 4.90 Å². The molecule has 0 spiro atoms. The highest BCUT2D eigenvalue weighted by Gasteiger charge is 2.31. The van der Waals surface area contributed by atoms with Crippen molar-refractivity contribution in [2.45, 2.75) is 39.0 Å². The largest absolute Gasteiger partial charge is 0.466 e. The molecule has 0 bridgehead atoms. The summed E-state index contributed by atoms with van der Waals surface area (Å²) < 4.78 is 21.1. The van der Waals surface area contributed by atoms with Gasteiger partial charge in [-0.25, -0.2) is 19.0 Å². The third-order valence-electron chi connectivity index (χ3n) is 7.26. The summed E-state index contributed by atoms with van der Waals surface area (Å²) in [5.74, 6) is -1.84. The molecule has 1 aliphatic rings. The summed E-state index contributed by atoms with van der Waals surface area (Å²) in [5.41, 5.74) is 0.621. The van der Waals surface area contributed by atoms with Gasteiger partial charge in [-0.3, -0.25) is 19.2 Å². The van der Waals surface area contributed by atoms with E-state index in [0.717, 1.165) is 12.6 Å². The number of fused-ring (bicyclic) bond motifs is 1. The Morgan fingerprint density at radius 1 is 0.977 bits per heavy atom. The number of anilines is 1. The highest BCUT2D eigenvalue weighted by Crippen LogP contribution is 2.27. The first-order chi connectivity index (χ1) is 20.9. The Labute approximate surface area is 246 Å². The number of ether oxygens (including phenoxy) is 1. The van der Waals surface area contributed by atoms with E-state index in [4.69, 9.17) is 4.74 Å². The molecule has 13 nitrogen and oxygen atoms in total. The lowest BCUT2D eigenvalue weighted by Gasteiger charge is -2.35.